The van der Waals surface area contributed by atoms with Crippen LogP contribution in [0.4, 0.5) is 0 Å². The number of nitrogens with one attached hydrogen (secondary N) is 2. The summed E-state index contributed by atoms with van der Waals surface area (Å²) in [5, 5.41) is 0. The molecule has 0 aliphatic carbocycles. The monoisotopic (exact) mass is 232 g/mol. The number of aromatic nitrogens is 2. The van der Waals surface area contributed by atoms with Crippen LogP contribution >= 0.6 is 12.2 Å². The molecule has 1 aromatic heterocycles. The fraction of sp³-hybridized carbons (Fsp3) is 0.0909. The Morgan fingerprint density at radius 3 is 2.94 bits per heavy atom. The van der Waals surface area contributed by atoms with Crippen LogP contribution in [0.2, 0.25) is 0 Å². The third-order valence-corrected chi connectivity index (χ3v) is 2.76. The summed E-state index contributed by atoms with van der Waals surface area (Å²) >= 11 is 4.89. The predicted molar refractivity (Wildman–Crippen MR) is 61.6 cm³/mol. The Hall–Kier alpha value is -1.88. The first-order valence-electron chi connectivity index (χ1n) is 4.85. The molecular weight excluding hydrogens is 224 g/mol. The van der Waals surface area contributed by atoms with Gasteiger partial charge < -0.3 is 9.72 Å². The second kappa shape index (κ2) is 3.31. The standard InChI is InChI=1S/C11H8N2O2S/c14-9-7-5-6-3-1-2-4-8(6)15-10(7)13-11(16)12-9/h1-4H,5H2,(H2,12,13,14,16). The molecule has 0 radical (unpaired) electrons. The Bertz CT molecular complexity index is 672. The molecule has 0 unspecified atom stereocenters. The van der Waals surface area contributed by atoms with Crippen LogP contribution in [0, 0.1) is 4.77 Å². The maximum Gasteiger partial charge on any atom is 0.259 e. The van der Waals surface area contributed by atoms with Gasteiger partial charge in [-0.1, -0.05) is 18.2 Å². The van der Waals surface area contributed by atoms with Crippen molar-refractivity contribution < 1.29 is 4.74 Å². The molecule has 0 atom stereocenters. The van der Waals surface area contributed by atoms with Crippen molar-refractivity contribution in [2.24, 2.45) is 0 Å². The first-order chi connectivity index (χ1) is 7.74. The van der Waals surface area contributed by atoms with Crippen LogP contribution in [0.5, 0.6) is 11.6 Å². The third-order valence-electron chi connectivity index (χ3n) is 2.55. The molecule has 0 saturated heterocycles. The zero-order chi connectivity index (χ0) is 11.1. The lowest BCUT2D eigenvalue weighted by Gasteiger charge is -2.18. The molecule has 0 spiro atoms. The van der Waals surface area contributed by atoms with Crippen molar-refractivity contribution in [3.63, 3.8) is 0 Å². The minimum absolute atomic E-state index is 0.187. The maximum absolute atomic E-state index is 11.7. The second-order valence-corrected chi connectivity index (χ2v) is 4.01. The summed E-state index contributed by atoms with van der Waals surface area (Å²) in [6.07, 6.45) is 0.562. The average Bonchev–Trinajstić information content (AvgIpc) is 2.27. The first kappa shape index (κ1) is 9.35. The molecule has 1 aliphatic heterocycles. The van der Waals surface area contributed by atoms with E-state index in [-0.39, 0.29) is 10.3 Å². The molecule has 2 heterocycles. The van der Waals surface area contributed by atoms with Gasteiger partial charge in [-0.05, 0) is 23.8 Å². The summed E-state index contributed by atoms with van der Waals surface area (Å²) in [5.74, 6) is 1.22. The van der Waals surface area contributed by atoms with Crippen molar-refractivity contribution in [2.45, 2.75) is 6.42 Å². The van der Waals surface area contributed by atoms with Gasteiger partial charge in [-0.3, -0.25) is 9.78 Å². The number of H-pyrrole nitrogens is 2. The number of hydrogen-bond donors (Lipinski definition) is 2. The molecule has 3 rings (SSSR count). The van der Waals surface area contributed by atoms with Crippen molar-refractivity contribution in [2.75, 3.05) is 0 Å². The van der Waals surface area contributed by atoms with Gasteiger partial charge in [0, 0.05) is 6.42 Å². The quantitative estimate of drug-likeness (QED) is 0.584. The highest BCUT2D eigenvalue weighted by Crippen LogP contribution is 2.32. The van der Waals surface area contributed by atoms with Gasteiger partial charge in [0.15, 0.2) is 4.77 Å². The van der Waals surface area contributed by atoms with E-state index in [0.29, 0.717) is 17.9 Å². The van der Waals surface area contributed by atoms with E-state index in [0.717, 1.165) is 11.3 Å². The fourth-order valence-corrected chi connectivity index (χ4v) is 1.97. The molecule has 0 fully saturated rings. The third kappa shape index (κ3) is 1.37. The Morgan fingerprint density at radius 1 is 1.25 bits per heavy atom. The zero-order valence-electron chi connectivity index (χ0n) is 8.24. The molecule has 1 aliphatic rings. The van der Waals surface area contributed by atoms with E-state index >= 15 is 0 Å². The van der Waals surface area contributed by atoms with Crippen molar-refractivity contribution in [1.82, 2.24) is 9.97 Å². The van der Waals surface area contributed by atoms with Crippen molar-refractivity contribution in [1.29, 1.82) is 0 Å². The summed E-state index contributed by atoms with van der Waals surface area (Å²) in [4.78, 5) is 17.1. The lowest BCUT2D eigenvalue weighted by Crippen LogP contribution is -2.19. The molecule has 1 aromatic carbocycles. The Morgan fingerprint density at radius 2 is 2.06 bits per heavy atom. The molecule has 4 nitrogen and oxygen atoms in total. The van der Waals surface area contributed by atoms with Crippen LogP contribution in [0.1, 0.15) is 11.1 Å². The topological polar surface area (TPSA) is 57.9 Å². The highest BCUT2D eigenvalue weighted by atomic mass is 32.1. The lowest BCUT2D eigenvalue weighted by molar-refractivity contribution is 0.436. The second-order valence-electron chi connectivity index (χ2n) is 3.60. The highest BCUT2D eigenvalue weighted by Gasteiger charge is 2.19. The van der Waals surface area contributed by atoms with Crippen LogP contribution in [0.25, 0.3) is 0 Å². The van der Waals surface area contributed by atoms with Gasteiger partial charge in [-0.15, -0.1) is 0 Å². The van der Waals surface area contributed by atoms with E-state index in [2.05, 4.69) is 9.97 Å². The van der Waals surface area contributed by atoms with Gasteiger partial charge in [0.2, 0.25) is 5.88 Å². The van der Waals surface area contributed by atoms with Gasteiger partial charge in [0.05, 0.1) is 5.56 Å². The van der Waals surface area contributed by atoms with Gasteiger partial charge in [0.1, 0.15) is 5.75 Å². The normalized spacial score (nSPS) is 12.5. The van der Waals surface area contributed by atoms with Crippen molar-refractivity contribution in [3.05, 3.63) is 50.5 Å². The van der Waals surface area contributed by atoms with E-state index in [4.69, 9.17) is 17.0 Å². The van der Waals surface area contributed by atoms with Gasteiger partial charge in [0.25, 0.3) is 5.56 Å². The summed E-state index contributed by atoms with van der Waals surface area (Å²) in [6.45, 7) is 0. The summed E-state index contributed by atoms with van der Waals surface area (Å²) in [6, 6.07) is 7.63. The molecule has 80 valence electrons. The number of para-hydroxylation sites is 1. The lowest BCUT2D eigenvalue weighted by atomic mass is 10.0. The Kier molecular flexibility index (Phi) is 1.94. The maximum atomic E-state index is 11.7. The smallest absolute Gasteiger partial charge is 0.259 e. The number of ether oxygens (including phenoxy) is 1. The average molecular weight is 232 g/mol. The fourth-order valence-electron chi connectivity index (χ4n) is 1.79. The molecule has 2 aromatic rings. The predicted octanol–water partition coefficient (Wildman–Crippen LogP) is 2.13. The minimum atomic E-state index is -0.187. The van der Waals surface area contributed by atoms with Crippen LogP contribution in [-0.4, -0.2) is 9.97 Å². The summed E-state index contributed by atoms with van der Waals surface area (Å²) in [7, 11) is 0. The number of fused-ring (bicyclic) bond motifs is 2. The van der Waals surface area contributed by atoms with E-state index in [1.807, 2.05) is 24.3 Å². The Labute approximate surface area is 95.9 Å². The Balaban J connectivity index is 2.23. The van der Waals surface area contributed by atoms with Gasteiger partial charge in [-0.25, -0.2) is 0 Å². The first-order valence-corrected chi connectivity index (χ1v) is 5.26. The van der Waals surface area contributed by atoms with Crippen LogP contribution in [-0.2, 0) is 6.42 Å². The van der Waals surface area contributed by atoms with E-state index in [1.54, 1.807) is 0 Å². The molecule has 16 heavy (non-hydrogen) atoms. The van der Waals surface area contributed by atoms with Crippen LogP contribution in [0.3, 0.4) is 0 Å². The number of rotatable bonds is 0. The van der Waals surface area contributed by atoms with Crippen molar-refractivity contribution in [3.8, 4) is 11.6 Å². The number of hydrogen-bond acceptors (Lipinski definition) is 3. The summed E-state index contributed by atoms with van der Waals surface area (Å²) < 4.78 is 5.88. The van der Waals surface area contributed by atoms with E-state index in [9.17, 15) is 4.79 Å². The number of benzene rings is 1. The minimum Gasteiger partial charge on any atom is -0.440 e. The van der Waals surface area contributed by atoms with E-state index in [1.165, 1.54) is 0 Å². The zero-order valence-corrected chi connectivity index (χ0v) is 9.06. The largest absolute Gasteiger partial charge is 0.440 e. The highest BCUT2D eigenvalue weighted by molar-refractivity contribution is 7.71. The summed E-state index contributed by atoms with van der Waals surface area (Å²) in [5.41, 5.74) is 1.41. The number of aromatic amines is 2. The van der Waals surface area contributed by atoms with Crippen LogP contribution < -0.4 is 10.3 Å². The van der Waals surface area contributed by atoms with Crippen molar-refractivity contribution >= 4 is 12.2 Å². The molecule has 0 saturated carbocycles. The molecule has 0 bridgehead atoms. The molecule has 2 N–H and O–H groups in total. The molecular formula is C11H8N2O2S. The molecule has 5 heteroatoms. The van der Waals surface area contributed by atoms with Gasteiger partial charge >= 0.3 is 0 Å². The SMILES string of the molecule is O=c1[nH]c(=S)[nH]c2c1Cc1ccccc1O2. The van der Waals surface area contributed by atoms with E-state index < -0.39 is 0 Å². The molecule has 0 amide bonds. The van der Waals surface area contributed by atoms with Gasteiger partial charge in [-0.2, -0.15) is 0 Å². The van der Waals surface area contributed by atoms with Crippen LogP contribution in [0.15, 0.2) is 29.1 Å².